The summed E-state index contributed by atoms with van der Waals surface area (Å²) < 4.78 is 0. The van der Waals surface area contributed by atoms with Gasteiger partial charge in [0.15, 0.2) is 11.6 Å². The predicted molar refractivity (Wildman–Crippen MR) is 173 cm³/mol. The molecule has 0 aliphatic carbocycles. The molecule has 2 amide bonds. The number of nitrogens with one attached hydrogen (secondary N) is 2. The van der Waals surface area contributed by atoms with Crippen LogP contribution >= 0.6 is 0 Å². The Morgan fingerprint density at radius 2 is 0.935 bits per heavy atom. The maximum absolute atomic E-state index is 13.7. The van der Waals surface area contributed by atoms with Crippen LogP contribution in [0.15, 0.2) is 119 Å². The van der Waals surface area contributed by atoms with Gasteiger partial charge in [-0.1, -0.05) is 59.7 Å². The van der Waals surface area contributed by atoms with Gasteiger partial charge in [-0.3, -0.25) is 30.0 Å². The highest BCUT2D eigenvalue weighted by atomic mass is 16.2. The minimum Gasteiger partial charge on any atom is -0.299 e. The van der Waals surface area contributed by atoms with E-state index in [-0.39, 0.29) is 45.3 Å². The first-order valence-corrected chi connectivity index (χ1v) is 14.2. The third-order valence-electron chi connectivity index (χ3n) is 6.95. The number of hydrogen-bond acceptors (Lipinski definition) is 8. The number of nitriles is 2. The smallest absolute Gasteiger partial charge is 0.287 e. The zero-order valence-corrected chi connectivity index (χ0v) is 26.5. The fourth-order valence-electron chi connectivity index (χ4n) is 4.38. The third-order valence-corrected chi connectivity index (χ3v) is 6.95. The van der Waals surface area contributed by atoms with Crippen LogP contribution in [-0.4, -0.2) is 33.4 Å². The van der Waals surface area contributed by atoms with E-state index >= 15 is 0 Å². The van der Waals surface area contributed by atoms with Crippen LogP contribution in [0.25, 0.3) is 0 Å². The van der Waals surface area contributed by atoms with Crippen molar-refractivity contribution in [1.29, 1.82) is 10.5 Å². The average molecular weight is 615 g/mol. The van der Waals surface area contributed by atoms with Crippen molar-refractivity contribution in [3.8, 4) is 12.1 Å². The monoisotopic (exact) mass is 614 g/mol. The van der Waals surface area contributed by atoms with E-state index in [1.807, 2.05) is 50.3 Å². The van der Waals surface area contributed by atoms with Crippen molar-refractivity contribution in [3.05, 3.63) is 141 Å². The van der Waals surface area contributed by atoms with Crippen LogP contribution in [0, 0.1) is 36.5 Å². The number of carbonyl (C=O) groups excluding carboxylic acids is 4. The standard InChI is InChI=1S/C36H34N6O4/c1-23-7-11-29(12-8-23)33(43)15-17-39-41-27(5)19-25(3)32(22-38)36(46)42(28(6)20-26(4)31(21-37)35(41)45)40-18-16-34(44)30-13-9-24(2)10-14-30/h7-20,39-40H,1-6H3/b17-15-,18-16-,27-19+,28-20+,31-26-,32-25-. The number of carbonyl (C=O) groups is 4. The molecule has 3 rings (SSSR count). The lowest BCUT2D eigenvalue weighted by Crippen LogP contribution is -2.41. The molecule has 2 aromatic rings. The molecule has 0 unspecified atom stereocenters. The molecule has 0 spiro atoms. The van der Waals surface area contributed by atoms with Gasteiger partial charge in [0, 0.05) is 47.1 Å². The van der Waals surface area contributed by atoms with Gasteiger partial charge in [0.2, 0.25) is 0 Å². The number of ketones is 2. The molecule has 232 valence electrons. The van der Waals surface area contributed by atoms with Crippen molar-refractivity contribution < 1.29 is 19.2 Å². The van der Waals surface area contributed by atoms with Crippen molar-refractivity contribution in [2.75, 3.05) is 0 Å². The lowest BCUT2D eigenvalue weighted by molar-refractivity contribution is -0.127. The first-order chi connectivity index (χ1) is 21.9. The lowest BCUT2D eigenvalue weighted by atomic mass is 10.1. The zero-order chi connectivity index (χ0) is 34.0. The van der Waals surface area contributed by atoms with Gasteiger partial charge in [-0.2, -0.15) is 10.5 Å². The van der Waals surface area contributed by atoms with Crippen molar-refractivity contribution >= 4 is 23.4 Å². The van der Waals surface area contributed by atoms with E-state index in [1.165, 1.54) is 50.6 Å². The minimum absolute atomic E-state index is 0.225. The van der Waals surface area contributed by atoms with Crippen LogP contribution in [0.3, 0.4) is 0 Å². The molecule has 0 saturated carbocycles. The number of rotatable bonds is 8. The number of hydrazine groups is 2. The summed E-state index contributed by atoms with van der Waals surface area (Å²) in [5.41, 5.74) is 8.88. The summed E-state index contributed by atoms with van der Waals surface area (Å²) in [6, 6.07) is 17.9. The Bertz CT molecular complexity index is 1690. The molecular formula is C36H34N6O4. The Balaban J connectivity index is 2.01. The Labute approximate surface area is 268 Å². The summed E-state index contributed by atoms with van der Waals surface area (Å²) >= 11 is 0. The van der Waals surface area contributed by atoms with Gasteiger partial charge >= 0.3 is 0 Å². The molecule has 0 saturated heterocycles. The van der Waals surface area contributed by atoms with Crippen molar-refractivity contribution in [1.82, 2.24) is 20.9 Å². The first kappa shape index (κ1) is 34.2. The molecule has 2 aromatic carbocycles. The second-order valence-electron chi connectivity index (χ2n) is 10.6. The van der Waals surface area contributed by atoms with Gasteiger partial charge in [-0.05, 0) is 64.8 Å². The number of amides is 2. The largest absolute Gasteiger partial charge is 0.299 e. The van der Waals surface area contributed by atoms with Crippen LogP contribution in [0.1, 0.15) is 59.5 Å². The molecule has 0 radical (unpaired) electrons. The van der Waals surface area contributed by atoms with Gasteiger partial charge in [0.05, 0.1) is 0 Å². The topological polar surface area (TPSA) is 146 Å². The molecule has 0 fully saturated rings. The van der Waals surface area contributed by atoms with Gasteiger partial charge in [0.25, 0.3) is 11.8 Å². The first-order valence-electron chi connectivity index (χ1n) is 14.2. The predicted octanol–water partition coefficient (Wildman–Crippen LogP) is 5.56. The van der Waals surface area contributed by atoms with Crippen LogP contribution < -0.4 is 10.9 Å². The SMILES string of the molecule is CC1=C(\C#N)C(=O)N(N/C=C\C(=O)c2ccc(C)cc2)/C(C)=C/C(C)=C(/C#N)C(=O)N(N/C=C\C(=O)c2ccc(C)cc2)\C(C)=C\1. The Morgan fingerprint density at radius 1 is 0.609 bits per heavy atom. The molecule has 46 heavy (non-hydrogen) atoms. The summed E-state index contributed by atoms with van der Waals surface area (Å²) in [6.45, 7) is 9.99. The van der Waals surface area contributed by atoms with E-state index < -0.39 is 11.8 Å². The lowest BCUT2D eigenvalue weighted by Gasteiger charge is -2.26. The quantitative estimate of drug-likeness (QED) is 0.290. The minimum atomic E-state index is -0.730. The molecule has 10 nitrogen and oxygen atoms in total. The van der Waals surface area contributed by atoms with Crippen LogP contribution in [0.5, 0.6) is 0 Å². The molecular weight excluding hydrogens is 580 g/mol. The van der Waals surface area contributed by atoms with Crippen LogP contribution in [0.2, 0.25) is 0 Å². The van der Waals surface area contributed by atoms with E-state index in [9.17, 15) is 29.7 Å². The van der Waals surface area contributed by atoms with Crippen LogP contribution in [0.4, 0.5) is 0 Å². The Morgan fingerprint density at radius 3 is 1.24 bits per heavy atom. The summed E-state index contributed by atoms with van der Waals surface area (Å²) in [5, 5.41) is 22.1. The summed E-state index contributed by atoms with van der Waals surface area (Å²) in [7, 11) is 0. The maximum Gasteiger partial charge on any atom is 0.287 e. The Hall–Kier alpha value is -6.26. The number of aryl methyl sites for hydroxylation is 2. The molecule has 0 bridgehead atoms. The van der Waals surface area contributed by atoms with Gasteiger partial charge in [0.1, 0.15) is 23.3 Å². The second kappa shape index (κ2) is 15.5. The maximum atomic E-state index is 13.7. The molecule has 1 aliphatic rings. The van der Waals surface area contributed by atoms with Crippen molar-refractivity contribution in [2.24, 2.45) is 0 Å². The van der Waals surface area contributed by atoms with E-state index in [0.717, 1.165) is 21.1 Å². The molecule has 2 N–H and O–H groups in total. The Kier molecular flexibility index (Phi) is 11.5. The fraction of sp³-hybridized carbons (Fsp3) is 0.167. The van der Waals surface area contributed by atoms with E-state index in [2.05, 4.69) is 10.9 Å². The fourth-order valence-corrected chi connectivity index (χ4v) is 4.38. The van der Waals surface area contributed by atoms with E-state index in [0.29, 0.717) is 11.1 Å². The summed E-state index contributed by atoms with van der Waals surface area (Å²) in [5.74, 6) is -2.08. The van der Waals surface area contributed by atoms with Crippen LogP contribution in [-0.2, 0) is 9.59 Å². The highest BCUT2D eigenvalue weighted by Gasteiger charge is 2.26. The normalized spacial score (nSPS) is 20.2. The van der Waals surface area contributed by atoms with Crippen molar-refractivity contribution in [2.45, 2.75) is 41.5 Å². The van der Waals surface area contributed by atoms with E-state index in [1.54, 1.807) is 38.1 Å². The molecule has 0 aromatic heterocycles. The zero-order valence-electron chi connectivity index (χ0n) is 26.5. The van der Waals surface area contributed by atoms with Gasteiger partial charge < -0.3 is 0 Å². The molecule has 0 atom stereocenters. The average Bonchev–Trinajstić information content (AvgIpc) is 3.01. The third kappa shape index (κ3) is 8.43. The molecule has 1 aliphatic heterocycles. The van der Waals surface area contributed by atoms with Gasteiger partial charge in [-0.15, -0.1) is 0 Å². The number of allylic oxidation sites excluding steroid dienone is 8. The van der Waals surface area contributed by atoms with E-state index in [4.69, 9.17) is 0 Å². The summed E-state index contributed by atoms with van der Waals surface area (Å²) in [4.78, 5) is 52.6. The second-order valence-corrected chi connectivity index (χ2v) is 10.6. The number of benzene rings is 2. The number of nitrogens with zero attached hydrogens (tertiary/aromatic N) is 4. The highest BCUT2D eigenvalue weighted by molar-refractivity contribution is 6.05. The van der Waals surface area contributed by atoms with Crippen molar-refractivity contribution in [3.63, 3.8) is 0 Å². The number of hydrogen-bond donors (Lipinski definition) is 2. The van der Waals surface area contributed by atoms with Gasteiger partial charge in [-0.25, -0.2) is 10.0 Å². The highest BCUT2D eigenvalue weighted by Crippen LogP contribution is 2.20. The summed E-state index contributed by atoms with van der Waals surface area (Å²) in [6.07, 6.45) is 7.94. The molecule has 10 heteroatoms. The molecule has 1 heterocycles.